The molecule has 0 aliphatic heterocycles. The van der Waals surface area contributed by atoms with Crippen LogP contribution in [-0.4, -0.2) is 9.55 Å². The minimum atomic E-state index is 0.827. The van der Waals surface area contributed by atoms with Crippen molar-refractivity contribution < 1.29 is 0 Å². The molecule has 20 heavy (non-hydrogen) atoms. The maximum absolute atomic E-state index is 4.47. The topological polar surface area (TPSA) is 29.9 Å². The molecule has 1 aromatic carbocycles. The molecule has 3 heteroatoms. The van der Waals surface area contributed by atoms with Crippen molar-refractivity contribution in [3.05, 3.63) is 60.0 Å². The first-order valence-corrected chi connectivity index (χ1v) is 7.02. The summed E-state index contributed by atoms with van der Waals surface area (Å²) in [6.45, 7) is 6.09. The molecule has 102 valence electrons. The number of nitrogens with zero attached hydrogens (tertiary/aromatic N) is 2. The number of pyridine rings is 1. The highest BCUT2D eigenvalue weighted by molar-refractivity contribution is 5.93. The van der Waals surface area contributed by atoms with Crippen molar-refractivity contribution >= 4 is 16.6 Å². The Morgan fingerprint density at radius 1 is 1.15 bits per heavy atom. The summed E-state index contributed by atoms with van der Waals surface area (Å²) in [4.78, 5) is 4.47. The van der Waals surface area contributed by atoms with Crippen molar-refractivity contribution in [3.63, 3.8) is 0 Å². The summed E-state index contributed by atoms with van der Waals surface area (Å²) in [5.41, 5.74) is 4.72. The number of hydrogen-bond acceptors (Lipinski definition) is 2. The molecule has 0 aliphatic rings. The van der Waals surface area contributed by atoms with Crippen molar-refractivity contribution in [1.82, 2.24) is 9.55 Å². The fraction of sp³-hybridized carbons (Fsp3) is 0.235. The van der Waals surface area contributed by atoms with Crippen molar-refractivity contribution in [2.24, 2.45) is 0 Å². The zero-order valence-electron chi connectivity index (χ0n) is 11.9. The Morgan fingerprint density at radius 3 is 2.90 bits per heavy atom. The van der Waals surface area contributed by atoms with Gasteiger partial charge in [0.05, 0.1) is 12.1 Å². The van der Waals surface area contributed by atoms with Gasteiger partial charge in [-0.2, -0.15) is 0 Å². The fourth-order valence-electron chi connectivity index (χ4n) is 2.57. The third kappa shape index (κ3) is 2.27. The van der Waals surface area contributed by atoms with Crippen LogP contribution in [0.2, 0.25) is 0 Å². The lowest BCUT2D eigenvalue weighted by Gasteiger charge is -2.12. The average molecular weight is 265 g/mol. The van der Waals surface area contributed by atoms with Crippen molar-refractivity contribution in [2.45, 2.75) is 26.9 Å². The van der Waals surface area contributed by atoms with E-state index in [0.29, 0.717) is 0 Å². The van der Waals surface area contributed by atoms with E-state index in [1.54, 1.807) is 0 Å². The maximum Gasteiger partial charge on any atom is 0.0751 e. The van der Waals surface area contributed by atoms with Crippen molar-refractivity contribution in [1.29, 1.82) is 0 Å². The molecular weight excluding hydrogens is 246 g/mol. The number of nitrogens with one attached hydrogen (secondary N) is 1. The summed E-state index contributed by atoms with van der Waals surface area (Å²) >= 11 is 0. The van der Waals surface area contributed by atoms with Gasteiger partial charge in [0, 0.05) is 35.7 Å². The Bertz CT molecular complexity index is 728. The Balaban J connectivity index is 1.90. The number of hydrogen-bond donors (Lipinski definition) is 1. The molecule has 2 heterocycles. The third-order valence-corrected chi connectivity index (χ3v) is 3.70. The van der Waals surface area contributed by atoms with Gasteiger partial charge >= 0.3 is 0 Å². The number of aromatic nitrogens is 2. The van der Waals surface area contributed by atoms with Gasteiger partial charge in [-0.05, 0) is 49.7 Å². The van der Waals surface area contributed by atoms with E-state index < -0.39 is 0 Å². The molecule has 0 amide bonds. The summed E-state index contributed by atoms with van der Waals surface area (Å²) in [7, 11) is 0. The second-order valence-corrected chi connectivity index (χ2v) is 4.97. The Hall–Kier alpha value is -2.29. The highest BCUT2D eigenvalue weighted by Gasteiger charge is 2.05. The van der Waals surface area contributed by atoms with E-state index in [1.165, 1.54) is 16.6 Å². The predicted molar refractivity (Wildman–Crippen MR) is 83.9 cm³/mol. The van der Waals surface area contributed by atoms with Crippen LogP contribution in [0.15, 0.2) is 48.8 Å². The smallest absolute Gasteiger partial charge is 0.0751 e. The van der Waals surface area contributed by atoms with Gasteiger partial charge in [0.15, 0.2) is 0 Å². The lowest BCUT2D eigenvalue weighted by Crippen LogP contribution is -2.06. The monoisotopic (exact) mass is 265 g/mol. The lowest BCUT2D eigenvalue weighted by molar-refractivity contribution is 0.724. The molecule has 1 N–H and O–H groups in total. The van der Waals surface area contributed by atoms with Gasteiger partial charge in [-0.3, -0.25) is 4.98 Å². The van der Waals surface area contributed by atoms with Gasteiger partial charge in [-0.25, -0.2) is 0 Å². The second-order valence-electron chi connectivity index (χ2n) is 4.97. The number of anilines is 1. The molecule has 0 saturated heterocycles. The first kappa shape index (κ1) is 12.7. The molecule has 0 aliphatic carbocycles. The standard InChI is InChI=1S/C17H19N3/c1-3-20-11-5-6-14(20)12-19-16-9-8-13(2)17-15(16)7-4-10-18-17/h4-11,19H,3,12H2,1-2H3. The summed E-state index contributed by atoms with van der Waals surface area (Å²) < 4.78 is 2.25. The summed E-state index contributed by atoms with van der Waals surface area (Å²) in [6.07, 6.45) is 3.97. The normalized spacial score (nSPS) is 10.9. The molecule has 3 rings (SSSR count). The zero-order chi connectivity index (χ0) is 13.9. The number of fused-ring (bicyclic) bond motifs is 1. The summed E-state index contributed by atoms with van der Waals surface area (Å²) in [5.74, 6) is 0. The van der Waals surface area contributed by atoms with Gasteiger partial charge < -0.3 is 9.88 Å². The van der Waals surface area contributed by atoms with Crippen LogP contribution in [0.1, 0.15) is 18.2 Å². The van der Waals surface area contributed by atoms with Crippen LogP contribution in [0.4, 0.5) is 5.69 Å². The highest BCUT2D eigenvalue weighted by atomic mass is 15.0. The highest BCUT2D eigenvalue weighted by Crippen LogP contribution is 2.25. The Kier molecular flexibility index (Phi) is 3.42. The zero-order valence-corrected chi connectivity index (χ0v) is 11.9. The van der Waals surface area contributed by atoms with Gasteiger partial charge in [0.1, 0.15) is 0 Å². The second kappa shape index (κ2) is 5.37. The van der Waals surface area contributed by atoms with Gasteiger partial charge in [-0.15, -0.1) is 0 Å². The van der Waals surface area contributed by atoms with E-state index in [0.717, 1.165) is 24.3 Å². The van der Waals surface area contributed by atoms with Crippen molar-refractivity contribution in [3.8, 4) is 0 Å². The molecular formula is C17H19N3. The summed E-state index contributed by atoms with van der Waals surface area (Å²) in [6, 6.07) is 12.6. The number of benzene rings is 1. The van der Waals surface area contributed by atoms with E-state index in [9.17, 15) is 0 Å². The quantitative estimate of drug-likeness (QED) is 0.773. The van der Waals surface area contributed by atoms with Crippen LogP contribution < -0.4 is 5.32 Å². The molecule has 3 nitrogen and oxygen atoms in total. The van der Waals surface area contributed by atoms with Crippen LogP contribution >= 0.6 is 0 Å². The average Bonchev–Trinajstić information content (AvgIpc) is 2.94. The summed E-state index contributed by atoms with van der Waals surface area (Å²) in [5, 5.41) is 4.71. The van der Waals surface area contributed by atoms with Gasteiger partial charge in [-0.1, -0.05) is 6.07 Å². The fourth-order valence-corrected chi connectivity index (χ4v) is 2.57. The molecule has 0 bridgehead atoms. The first-order valence-electron chi connectivity index (χ1n) is 7.02. The molecule has 3 aromatic rings. The van der Waals surface area contributed by atoms with E-state index >= 15 is 0 Å². The van der Waals surface area contributed by atoms with Crippen LogP contribution in [0, 0.1) is 6.92 Å². The van der Waals surface area contributed by atoms with E-state index in [2.05, 4.69) is 65.2 Å². The minimum Gasteiger partial charge on any atom is -0.379 e. The van der Waals surface area contributed by atoms with E-state index in [4.69, 9.17) is 0 Å². The first-order chi connectivity index (χ1) is 9.79. The van der Waals surface area contributed by atoms with E-state index in [-0.39, 0.29) is 0 Å². The molecule has 0 radical (unpaired) electrons. The van der Waals surface area contributed by atoms with Crippen LogP contribution in [0.25, 0.3) is 10.9 Å². The number of rotatable bonds is 4. The van der Waals surface area contributed by atoms with E-state index in [1.807, 2.05) is 12.3 Å². The molecule has 0 unspecified atom stereocenters. The lowest BCUT2D eigenvalue weighted by atomic mass is 10.1. The Labute approximate surface area is 119 Å². The van der Waals surface area contributed by atoms with Crippen LogP contribution in [-0.2, 0) is 13.1 Å². The molecule has 0 saturated carbocycles. The number of aryl methyl sites for hydroxylation is 2. The van der Waals surface area contributed by atoms with Gasteiger partial charge in [0.2, 0.25) is 0 Å². The SMILES string of the molecule is CCn1cccc1CNc1ccc(C)c2ncccc12. The third-order valence-electron chi connectivity index (χ3n) is 3.70. The van der Waals surface area contributed by atoms with Gasteiger partial charge in [0.25, 0.3) is 0 Å². The molecule has 0 fully saturated rings. The molecule has 2 aromatic heterocycles. The largest absolute Gasteiger partial charge is 0.379 e. The Morgan fingerprint density at radius 2 is 2.05 bits per heavy atom. The maximum atomic E-state index is 4.47. The van der Waals surface area contributed by atoms with Crippen LogP contribution in [0.3, 0.4) is 0 Å². The minimum absolute atomic E-state index is 0.827. The van der Waals surface area contributed by atoms with Crippen molar-refractivity contribution in [2.75, 3.05) is 5.32 Å². The molecule has 0 atom stereocenters. The predicted octanol–water partition coefficient (Wildman–Crippen LogP) is 3.98. The van der Waals surface area contributed by atoms with Crippen LogP contribution in [0.5, 0.6) is 0 Å². The molecule has 0 spiro atoms.